The topological polar surface area (TPSA) is 55.1 Å². The van der Waals surface area contributed by atoms with Gasteiger partial charge >= 0.3 is 0 Å². The van der Waals surface area contributed by atoms with E-state index < -0.39 is 0 Å². The lowest BCUT2D eigenvalue weighted by Crippen LogP contribution is -2.15. The Balaban J connectivity index is 1.67. The van der Waals surface area contributed by atoms with Gasteiger partial charge in [-0.3, -0.25) is 4.79 Å². The van der Waals surface area contributed by atoms with Crippen molar-refractivity contribution < 1.29 is 4.79 Å². The number of carbonyl (C=O) groups excluding carboxylic acids is 1. The van der Waals surface area contributed by atoms with Crippen molar-refractivity contribution in [2.75, 3.05) is 11.1 Å². The van der Waals surface area contributed by atoms with Crippen LogP contribution in [0, 0.1) is 5.92 Å². The van der Waals surface area contributed by atoms with Gasteiger partial charge in [-0.05, 0) is 36.1 Å². The molecule has 2 unspecified atom stereocenters. The molecule has 1 fully saturated rings. The molecule has 20 heavy (non-hydrogen) atoms. The fraction of sp³-hybridized carbons (Fsp3) is 0.188. The number of anilines is 2. The van der Waals surface area contributed by atoms with E-state index in [2.05, 4.69) is 33.4 Å². The standard InChI is InChI=1S/C16H15BrN2O/c17-11-6-7-15(14(18)8-11)19-16(20)13-9-12(13)10-4-2-1-3-5-10/h1-8,12-13H,9,18H2,(H,19,20). The number of halogens is 1. The van der Waals surface area contributed by atoms with Gasteiger partial charge in [-0.2, -0.15) is 0 Å². The van der Waals surface area contributed by atoms with Crippen molar-refractivity contribution in [2.24, 2.45) is 5.92 Å². The molecule has 0 saturated heterocycles. The lowest BCUT2D eigenvalue weighted by atomic mass is 10.1. The molecule has 3 rings (SSSR count). The van der Waals surface area contributed by atoms with Crippen LogP contribution in [0.3, 0.4) is 0 Å². The van der Waals surface area contributed by atoms with Gasteiger partial charge < -0.3 is 11.1 Å². The molecule has 102 valence electrons. The minimum absolute atomic E-state index is 0.0490. The fourth-order valence-corrected chi connectivity index (χ4v) is 2.81. The third-order valence-corrected chi connectivity index (χ3v) is 4.12. The maximum Gasteiger partial charge on any atom is 0.228 e. The van der Waals surface area contributed by atoms with Crippen LogP contribution in [-0.4, -0.2) is 5.91 Å². The molecule has 2 atom stereocenters. The Morgan fingerprint density at radius 3 is 2.65 bits per heavy atom. The van der Waals surface area contributed by atoms with Gasteiger partial charge in [0.25, 0.3) is 0 Å². The molecule has 0 aromatic heterocycles. The van der Waals surface area contributed by atoms with Crippen LogP contribution in [0.2, 0.25) is 0 Å². The molecule has 1 amide bonds. The van der Waals surface area contributed by atoms with Gasteiger partial charge in [0, 0.05) is 10.4 Å². The molecule has 0 aliphatic heterocycles. The zero-order valence-corrected chi connectivity index (χ0v) is 12.4. The highest BCUT2D eigenvalue weighted by Gasteiger charge is 2.43. The molecular weight excluding hydrogens is 316 g/mol. The second-order valence-corrected chi connectivity index (χ2v) is 6.00. The van der Waals surface area contributed by atoms with E-state index in [0.717, 1.165) is 10.9 Å². The molecule has 0 radical (unpaired) electrons. The van der Waals surface area contributed by atoms with Crippen molar-refractivity contribution in [1.29, 1.82) is 0 Å². The average molecular weight is 331 g/mol. The summed E-state index contributed by atoms with van der Waals surface area (Å²) in [5.74, 6) is 0.446. The Morgan fingerprint density at radius 1 is 1.20 bits per heavy atom. The second-order valence-electron chi connectivity index (χ2n) is 5.08. The SMILES string of the molecule is Nc1cc(Br)ccc1NC(=O)C1CC1c1ccccc1. The van der Waals surface area contributed by atoms with Crippen molar-refractivity contribution in [3.63, 3.8) is 0 Å². The largest absolute Gasteiger partial charge is 0.397 e. The van der Waals surface area contributed by atoms with Gasteiger partial charge in [-0.15, -0.1) is 0 Å². The van der Waals surface area contributed by atoms with Gasteiger partial charge in [-0.25, -0.2) is 0 Å². The van der Waals surface area contributed by atoms with Crippen LogP contribution in [0.5, 0.6) is 0 Å². The van der Waals surface area contributed by atoms with Gasteiger partial charge in [0.15, 0.2) is 0 Å². The quantitative estimate of drug-likeness (QED) is 0.841. The van der Waals surface area contributed by atoms with E-state index >= 15 is 0 Å². The van der Waals surface area contributed by atoms with Crippen molar-refractivity contribution >= 4 is 33.2 Å². The van der Waals surface area contributed by atoms with Gasteiger partial charge in [-0.1, -0.05) is 46.3 Å². The van der Waals surface area contributed by atoms with Crippen LogP contribution in [0.25, 0.3) is 0 Å². The molecule has 2 aromatic carbocycles. The number of amides is 1. The average Bonchev–Trinajstić information content (AvgIpc) is 3.23. The Kier molecular flexibility index (Phi) is 3.49. The summed E-state index contributed by atoms with van der Waals surface area (Å²) in [4.78, 5) is 12.2. The first kappa shape index (κ1) is 13.2. The third kappa shape index (κ3) is 2.70. The van der Waals surface area contributed by atoms with Gasteiger partial charge in [0.05, 0.1) is 11.4 Å². The number of nitrogens with one attached hydrogen (secondary N) is 1. The van der Waals surface area contributed by atoms with Crippen LogP contribution in [-0.2, 0) is 4.79 Å². The molecule has 0 spiro atoms. The summed E-state index contributed by atoms with van der Waals surface area (Å²) in [6, 6.07) is 15.6. The summed E-state index contributed by atoms with van der Waals surface area (Å²) in [7, 11) is 0. The van der Waals surface area contributed by atoms with E-state index in [9.17, 15) is 4.79 Å². The molecule has 4 heteroatoms. The zero-order valence-electron chi connectivity index (χ0n) is 10.8. The predicted molar refractivity (Wildman–Crippen MR) is 84.5 cm³/mol. The number of hydrogen-bond donors (Lipinski definition) is 2. The Labute approximate surface area is 126 Å². The van der Waals surface area contributed by atoms with Crippen LogP contribution in [0.4, 0.5) is 11.4 Å². The van der Waals surface area contributed by atoms with E-state index in [1.165, 1.54) is 5.56 Å². The number of carbonyl (C=O) groups is 1. The van der Waals surface area contributed by atoms with E-state index in [1.807, 2.05) is 30.3 Å². The highest BCUT2D eigenvalue weighted by atomic mass is 79.9. The Bertz CT molecular complexity index is 642. The first-order valence-corrected chi connectivity index (χ1v) is 7.35. The molecule has 2 aromatic rings. The molecule has 3 N–H and O–H groups in total. The molecular formula is C16H15BrN2O. The van der Waals surface area contributed by atoms with Crippen LogP contribution < -0.4 is 11.1 Å². The number of hydrogen-bond acceptors (Lipinski definition) is 2. The third-order valence-electron chi connectivity index (χ3n) is 3.63. The summed E-state index contributed by atoms with van der Waals surface area (Å²) in [5.41, 5.74) is 8.38. The molecule has 1 aliphatic carbocycles. The van der Waals surface area contributed by atoms with E-state index in [4.69, 9.17) is 5.73 Å². The summed E-state index contributed by atoms with van der Waals surface area (Å²) in [6.45, 7) is 0. The highest BCUT2D eigenvalue weighted by molar-refractivity contribution is 9.10. The number of rotatable bonds is 3. The monoisotopic (exact) mass is 330 g/mol. The van der Waals surface area contributed by atoms with Crippen LogP contribution in [0.1, 0.15) is 17.9 Å². The van der Waals surface area contributed by atoms with Gasteiger partial charge in [0.1, 0.15) is 0 Å². The molecule has 3 nitrogen and oxygen atoms in total. The summed E-state index contributed by atoms with van der Waals surface area (Å²) < 4.78 is 0.904. The number of nitrogen functional groups attached to an aromatic ring is 1. The second kappa shape index (κ2) is 5.29. The van der Waals surface area contributed by atoms with E-state index in [0.29, 0.717) is 17.3 Å². The van der Waals surface area contributed by atoms with Crippen molar-refractivity contribution in [3.8, 4) is 0 Å². The maximum absolute atomic E-state index is 12.2. The van der Waals surface area contributed by atoms with Crippen LogP contribution in [0.15, 0.2) is 53.0 Å². The van der Waals surface area contributed by atoms with E-state index in [-0.39, 0.29) is 11.8 Å². The minimum Gasteiger partial charge on any atom is -0.397 e. The normalized spacial score (nSPS) is 20.4. The maximum atomic E-state index is 12.2. The van der Waals surface area contributed by atoms with E-state index in [1.54, 1.807) is 6.07 Å². The van der Waals surface area contributed by atoms with Crippen molar-refractivity contribution in [1.82, 2.24) is 0 Å². The molecule has 0 heterocycles. The van der Waals surface area contributed by atoms with Crippen molar-refractivity contribution in [3.05, 3.63) is 58.6 Å². The first-order valence-electron chi connectivity index (χ1n) is 6.56. The van der Waals surface area contributed by atoms with Crippen LogP contribution >= 0.6 is 15.9 Å². The first-order chi connectivity index (χ1) is 9.65. The predicted octanol–water partition coefficient (Wildman–Crippen LogP) is 3.77. The zero-order chi connectivity index (χ0) is 14.1. The van der Waals surface area contributed by atoms with Crippen molar-refractivity contribution in [2.45, 2.75) is 12.3 Å². The molecule has 0 bridgehead atoms. The summed E-state index contributed by atoms with van der Waals surface area (Å²) in [5, 5.41) is 2.91. The molecule has 1 saturated carbocycles. The molecule has 1 aliphatic rings. The minimum atomic E-state index is 0.0490. The summed E-state index contributed by atoms with van der Waals surface area (Å²) >= 11 is 3.35. The Morgan fingerprint density at radius 2 is 1.95 bits per heavy atom. The Hall–Kier alpha value is -1.81. The highest BCUT2D eigenvalue weighted by Crippen LogP contribution is 2.48. The lowest BCUT2D eigenvalue weighted by Gasteiger charge is -2.08. The van der Waals surface area contributed by atoms with Gasteiger partial charge in [0.2, 0.25) is 5.91 Å². The smallest absolute Gasteiger partial charge is 0.228 e. The number of benzene rings is 2. The fourth-order valence-electron chi connectivity index (χ4n) is 2.43. The summed E-state index contributed by atoms with van der Waals surface area (Å²) in [6.07, 6.45) is 0.909. The number of nitrogens with two attached hydrogens (primary N) is 1. The lowest BCUT2D eigenvalue weighted by molar-refractivity contribution is -0.117.